The molecule has 0 N–H and O–H groups in total. The van der Waals surface area contributed by atoms with Crippen molar-refractivity contribution in [2.24, 2.45) is 5.41 Å². The van der Waals surface area contributed by atoms with Crippen molar-refractivity contribution in [2.75, 3.05) is 0 Å². The van der Waals surface area contributed by atoms with E-state index in [-0.39, 0.29) is 0 Å². The maximum absolute atomic E-state index is 4.08. The molecule has 0 unspecified atom stereocenters. The molecule has 0 rings (SSSR count). The Balaban J connectivity index is 4.80. The van der Waals surface area contributed by atoms with Crippen LogP contribution in [0.5, 0.6) is 0 Å². The summed E-state index contributed by atoms with van der Waals surface area (Å²) >= 11 is 0. The van der Waals surface area contributed by atoms with Gasteiger partial charge in [0.1, 0.15) is 0 Å². The lowest BCUT2D eigenvalue weighted by molar-refractivity contribution is 0.192. The van der Waals surface area contributed by atoms with Crippen LogP contribution in [-0.4, -0.2) is 0 Å². The van der Waals surface area contributed by atoms with Gasteiger partial charge >= 0.3 is 0 Å². The van der Waals surface area contributed by atoms with Gasteiger partial charge in [0.15, 0.2) is 0 Å². The Labute approximate surface area is 127 Å². The van der Waals surface area contributed by atoms with Gasteiger partial charge in [0, 0.05) is 0 Å². The molecule has 0 aliphatic rings. The topological polar surface area (TPSA) is 0 Å². The molecule has 0 heteroatoms. The largest absolute Gasteiger partial charge is 0.0988 e. The highest BCUT2D eigenvalue weighted by atomic mass is 14.3. The van der Waals surface area contributed by atoms with Crippen LogP contribution in [0.1, 0.15) is 71.6 Å². The van der Waals surface area contributed by atoms with E-state index in [4.69, 9.17) is 0 Å². The Kier molecular flexibility index (Phi) is 10.2. The second kappa shape index (κ2) is 10.7. The molecule has 0 saturated carbocycles. The second-order valence-electron chi connectivity index (χ2n) is 6.08. The van der Waals surface area contributed by atoms with Crippen LogP contribution in [0.25, 0.3) is 0 Å². The molecular weight excluding hydrogens is 240 g/mol. The number of hydrogen-bond acceptors (Lipinski definition) is 0. The minimum absolute atomic E-state index is 0.447. The predicted octanol–water partition coefficient (Wildman–Crippen LogP) is 7.01. The SMILES string of the molecule is C=CC(=C)CCC(CCC)(CCCC)CCC(=C)C=C. The summed E-state index contributed by atoms with van der Waals surface area (Å²) in [5.41, 5.74) is 2.79. The lowest BCUT2D eigenvalue weighted by atomic mass is 9.71. The van der Waals surface area contributed by atoms with Crippen molar-refractivity contribution in [1.29, 1.82) is 0 Å². The van der Waals surface area contributed by atoms with E-state index in [2.05, 4.69) is 40.2 Å². The van der Waals surface area contributed by atoms with Gasteiger partial charge in [0.05, 0.1) is 0 Å². The fourth-order valence-electron chi connectivity index (χ4n) is 2.89. The van der Waals surface area contributed by atoms with Crippen LogP contribution >= 0.6 is 0 Å². The average Bonchev–Trinajstić information content (AvgIpc) is 2.47. The van der Waals surface area contributed by atoms with Crippen LogP contribution < -0.4 is 0 Å². The smallest absolute Gasteiger partial charge is 0.0280 e. The van der Waals surface area contributed by atoms with Crippen LogP contribution in [0.2, 0.25) is 0 Å². The van der Waals surface area contributed by atoms with E-state index in [9.17, 15) is 0 Å². The molecule has 0 amide bonds. The molecule has 114 valence electrons. The summed E-state index contributed by atoms with van der Waals surface area (Å²) in [6.45, 7) is 20.4. The van der Waals surface area contributed by atoms with Gasteiger partial charge in [-0.2, -0.15) is 0 Å². The molecule has 0 spiro atoms. The third-order valence-electron chi connectivity index (χ3n) is 4.37. The molecule has 20 heavy (non-hydrogen) atoms. The van der Waals surface area contributed by atoms with Gasteiger partial charge in [0.2, 0.25) is 0 Å². The zero-order valence-corrected chi connectivity index (χ0v) is 13.8. The molecule has 0 bridgehead atoms. The van der Waals surface area contributed by atoms with Crippen LogP contribution in [0.4, 0.5) is 0 Å². The van der Waals surface area contributed by atoms with Crippen molar-refractivity contribution >= 4 is 0 Å². The van der Waals surface area contributed by atoms with Crippen molar-refractivity contribution in [3.8, 4) is 0 Å². The molecule has 0 heterocycles. The maximum Gasteiger partial charge on any atom is -0.0280 e. The highest BCUT2D eigenvalue weighted by molar-refractivity contribution is 5.13. The lowest BCUT2D eigenvalue weighted by Gasteiger charge is -2.34. The first kappa shape index (κ1) is 19.0. The third kappa shape index (κ3) is 7.53. The van der Waals surface area contributed by atoms with E-state index >= 15 is 0 Å². The summed E-state index contributed by atoms with van der Waals surface area (Å²) in [4.78, 5) is 0. The molecule has 0 saturated heterocycles. The summed E-state index contributed by atoms with van der Waals surface area (Å²) in [6, 6.07) is 0. The van der Waals surface area contributed by atoms with Crippen molar-refractivity contribution in [1.82, 2.24) is 0 Å². The number of rotatable bonds is 13. The summed E-state index contributed by atoms with van der Waals surface area (Å²) in [5.74, 6) is 0. The molecule has 0 aliphatic carbocycles. The maximum atomic E-state index is 4.08. The summed E-state index contributed by atoms with van der Waals surface area (Å²) < 4.78 is 0. The van der Waals surface area contributed by atoms with Crippen molar-refractivity contribution in [3.05, 3.63) is 49.6 Å². The fourth-order valence-corrected chi connectivity index (χ4v) is 2.89. The molecule has 0 aromatic heterocycles. The summed E-state index contributed by atoms with van der Waals surface area (Å²) in [7, 11) is 0. The van der Waals surface area contributed by atoms with Gasteiger partial charge < -0.3 is 0 Å². The Morgan fingerprint density at radius 3 is 1.65 bits per heavy atom. The Morgan fingerprint density at radius 1 is 0.800 bits per heavy atom. The second-order valence-corrected chi connectivity index (χ2v) is 6.08. The van der Waals surface area contributed by atoms with E-state index in [1.165, 1.54) is 56.1 Å². The van der Waals surface area contributed by atoms with Gasteiger partial charge in [-0.05, 0) is 43.9 Å². The molecule has 0 radical (unpaired) electrons. The van der Waals surface area contributed by atoms with E-state index < -0.39 is 0 Å². The molecule has 0 fully saturated rings. The van der Waals surface area contributed by atoms with E-state index in [0.29, 0.717) is 5.41 Å². The molecular formula is C20H34. The first-order chi connectivity index (χ1) is 9.53. The summed E-state index contributed by atoms with van der Waals surface area (Å²) in [6.07, 6.45) is 14.9. The molecule has 0 nitrogen and oxygen atoms in total. The van der Waals surface area contributed by atoms with Crippen molar-refractivity contribution in [3.63, 3.8) is 0 Å². The third-order valence-corrected chi connectivity index (χ3v) is 4.37. The van der Waals surface area contributed by atoms with Gasteiger partial charge in [-0.25, -0.2) is 0 Å². The van der Waals surface area contributed by atoms with Gasteiger partial charge in [0.25, 0.3) is 0 Å². The Bertz CT molecular complexity index is 295. The summed E-state index contributed by atoms with van der Waals surface area (Å²) in [5, 5.41) is 0. The first-order valence-electron chi connectivity index (χ1n) is 8.14. The van der Waals surface area contributed by atoms with Gasteiger partial charge in [-0.15, -0.1) is 0 Å². The average molecular weight is 274 g/mol. The fraction of sp³-hybridized carbons (Fsp3) is 0.600. The predicted molar refractivity (Wildman–Crippen MR) is 94.0 cm³/mol. The van der Waals surface area contributed by atoms with Crippen LogP contribution in [-0.2, 0) is 0 Å². The number of allylic oxidation sites excluding steroid dienone is 4. The normalized spacial score (nSPS) is 11.1. The highest BCUT2D eigenvalue weighted by Crippen LogP contribution is 2.41. The van der Waals surface area contributed by atoms with Crippen molar-refractivity contribution in [2.45, 2.75) is 71.6 Å². The molecule has 0 atom stereocenters. The molecule has 0 aromatic rings. The van der Waals surface area contributed by atoms with Crippen molar-refractivity contribution < 1.29 is 0 Å². The minimum atomic E-state index is 0.447. The minimum Gasteiger partial charge on any atom is -0.0988 e. The quantitative estimate of drug-likeness (QED) is 0.317. The first-order valence-corrected chi connectivity index (χ1v) is 8.14. The van der Waals surface area contributed by atoms with E-state index in [1.807, 2.05) is 12.2 Å². The number of unbranched alkanes of at least 4 members (excludes halogenated alkanes) is 1. The monoisotopic (exact) mass is 274 g/mol. The Morgan fingerprint density at radius 2 is 1.30 bits per heavy atom. The zero-order chi connectivity index (χ0) is 15.4. The lowest BCUT2D eigenvalue weighted by Crippen LogP contribution is -2.21. The van der Waals surface area contributed by atoms with Crippen LogP contribution in [0, 0.1) is 5.41 Å². The Hall–Kier alpha value is -1.04. The van der Waals surface area contributed by atoms with Gasteiger partial charge in [-0.1, -0.05) is 82.7 Å². The molecule has 0 aliphatic heterocycles. The standard InChI is InChI=1S/C20H34/c1-7-11-15-20(14-8-2,16-12-18(5)9-3)17-13-19(6)10-4/h9-10H,3-8,11-17H2,1-2H3. The van der Waals surface area contributed by atoms with E-state index in [0.717, 1.165) is 12.8 Å². The number of hydrogen-bond donors (Lipinski definition) is 0. The van der Waals surface area contributed by atoms with E-state index in [1.54, 1.807) is 0 Å². The zero-order valence-electron chi connectivity index (χ0n) is 13.8. The van der Waals surface area contributed by atoms with Crippen LogP contribution in [0.3, 0.4) is 0 Å². The van der Waals surface area contributed by atoms with Crippen LogP contribution in [0.15, 0.2) is 49.6 Å². The molecule has 0 aromatic carbocycles. The highest BCUT2D eigenvalue weighted by Gasteiger charge is 2.27. The van der Waals surface area contributed by atoms with Gasteiger partial charge in [-0.3, -0.25) is 0 Å².